The summed E-state index contributed by atoms with van der Waals surface area (Å²) in [5.41, 5.74) is 7.21. The van der Waals surface area contributed by atoms with Gasteiger partial charge in [-0.1, -0.05) is 0 Å². The van der Waals surface area contributed by atoms with Crippen molar-refractivity contribution in [2.75, 3.05) is 30.7 Å². The lowest BCUT2D eigenvalue weighted by molar-refractivity contribution is -0.128. The number of anilines is 2. The molecule has 0 fully saturated rings. The summed E-state index contributed by atoms with van der Waals surface area (Å²) < 4.78 is 0.866. The van der Waals surface area contributed by atoms with Crippen molar-refractivity contribution in [2.24, 2.45) is 0 Å². The molecule has 3 N–H and O–H groups in total. The van der Waals surface area contributed by atoms with Crippen molar-refractivity contribution in [3.8, 4) is 0 Å². The number of carbonyl (C=O) groups is 1. The first kappa shape index (κ1) is 13.8. The molecule has 0 radical (unpaired) electrons. The fourth-order valence-electron chi connectivity index (χ4n) is 1.53. The number of nitrogens with zero attached hydrogens (tertiary/aromatic N) is 1. The van der Waals surface area contributed by atoms with Crippen LogP contribution in [0.1, 0.15) is 13.8 Å². The van der Waals surface area contributed by atoms with Crippen LogP contribution in [0.4, 0.5) is 11.4 Å². The van der Waals surface area contributed by atoms with Gasteiger partial charge in [-0.05, 0) is 48.0 Å². The molecule has 0 aliphatic heterocycles. The number of hydrogen-bond acceptors (Lipinski definition) is 3. The minimum Gasteiger partial charge on any atom is -0.399 e. The van der Waals surface area contributed by atoms with Gasteiger partial charge >= 0.3 is 0 Å². The van der Waals surface area contributed by atoms with E-state index in [9.17, 15) is 4.79 Å². The van der Waals surface area contributed by atoms with E-state index in [1.165, 1.54) is 0 Å². The van der Waals surface area contributed by atoms with Crippen LogP contribution in [-0.2, 0) is 4.79 Å². The Bertz CT molecular complexity index is 391. The van der Waals surface area contributed by atoms with Gasteiger partial charge in [0.25, 0.3) is 0 Å². The fraction of sp³-hybridized carbons (Fsp3) is 0.417. The minimum absolute atomic E-state index is 0.0960. The number of nitrogens with two attached hydrogens (primary N) is 1. The number of benzene rings is 1. The average Bonchev–Trinajstić information content (AvgIpc) is 2.29. The van der Waals surface area contributed by atoms with Gasteiger partial charge in [0, 0.05) is 28.9 Å². The van der Waals surface area contributed by atoms with Crippen LogP contribution in [-0.4, -0.2) is 30.4 Å². The van der Waals surface area contributed by atoms with E-state index < -0.39 is 0 Å². The quantitative estimate of drug-likeness (QED) is 0.820. The van der Waals surface area contributed by atoms with E-state index >= 15 is 0 Å². The van der Waals surface area contributed by atoms with Gasteiger partial charge < -0.3 is 16.0 Å². The number of rotatable bonds is 5. The monoisotopic (exact) mass is 299 g/mol. The summed E-state index contributed by atoms with van der Waals surface area (Å²) in [5, 5.41) is 3.10. The van der Waals surface area contributed by atoms with E-state index in [0.717, 1.165) is 23.2 Å². The van der Waals surface area contributed by atoms with Crippen LogP contribution in [0.3, 0.4) is 0 Å². The number of carbonyl (C=O) groups excluding carboxylic acids is 1. The molecule has 1 amide bonds. The second-order valence-electron chi connectivity index (χ2n) is 3.66. The van der Waals surface area contributed by atoms with Gasteiger partial charge in [0.05, 0.1) is 6.54 Å². The highest BCUT2D eigenvalue weighted by Crippen LogP contribution is 2.24. The SMILES string of the molecule is CCN(CC)C(=O)CNc1ccc(N)cc1Br. The zero-order valence-corrected chi connectivity index (χ0v) is 11.8. The van der Waals surface area contributed by atoms with Crippen LogP contribution in [0.25, 0.3) is 0 Å². The first-order valence-electron chi connectivity index (χ1n) is 5.65. The zero-order valence-electron chi connectivity index (χ0n) is 10.2. The van der Waals surface area contributed by atoms with Crippen molar-refractivity contribution in [1.29, 1.82) is 0 Å². The van der Waals surface area contributed by atoms with Crippen LogP contribution in [0.15, 0.2) is 22.7 Å². The molecule has 1 aromatic carbocycles. The summed E-state index contributed by atoms with van der Waals surface area (Å²) in [6.07, 6.45) is 0. The van der Waals surface area contributed by atoms with Crippen molar-refractivity contribution >= 4 is 33.2 Å². The third kappa shape index (κ3) is 3.93. The Morgan fingerprint density at radius 2 is 2.06 bits per heavy atom. The van der Waals surface area contributed by atoms with Crippen LogP contribution in [0.2, 0.25) is 0 Å². The Hall–Kier alpha value is -1.23. The van der Waals surface area contributed by atoms with Crippen molar-refractivity contribution in [3.63, 3.8) is 0 Å². The van der Waals surface area contributed by atoms with Gasteiger partial charge in [-0.2, -0.15) is 0 Å². The summed E-state index contributed by atoms with van der Waals surface area (Å²) in [7, 11) is 0. The molecule has 1 aromatic rings. The molecule has 4 nitrogen and oxygen atoms in total. The van der Waals surface area contributed by atoms with Crippen molar-refractivity contribution in [3.05, 3.63) is 22.7 Å². The topological polar surface area (TPSA) is 58.4 Å². The molecular weight excluding hydrogens is 282 g/mol. The number of nitrogen functional groups attached to an aromatic ring is 1. The number of halogens is 1. The molecular formula is C12H18BrN3O. The van der Waals surface area contributed by atoms with Gasteiger partial charge in [-0.3, -0.25) is 4.79 Å². The molecule has 0 aromatic heterocycles. The van der Waals surface area contributed by atoms with E-state index in [2.05, 4.69) is 21.2 Å². The largest absolute Gasteiger partial charge is 0.399 e. The Labute approximate surface area is 110 Å². The molecule has 0 atom stereocenters. The molecule has 5 heteroatoms. The van der Waals surface area contributed by atoms with Gasteiger partial charge in [-0.15, -0.1) is 0 Å². The van der Waals surface area contributed by atoms with Gasteiger partial charge in [-0.25, -0.2) is 0 Å². The van der Waals surface area contributed by atoms with Crippen LogP contribution >= 0.6 is 15.9 Å². The van der Waals surface area contributed by atoms with Gasteiger partial charge in [0.2, 0.25) is 5.91 Å². The molecule has 0 aliphatic rings. The first-order chi connectivity index (χ1) is 8.08. The highest BCUT2D eigenvalue weighted by Gasteiger charge is 2.09. The van der Waals surface area contributed by atoms with E-state index in [0.29, 0.717) is 12.2 Å². The molecule has 0 aliphatic carbocycles. The maximum Gasteiger partial charge on any atom is 0.241 e. The number of nitrogens with one attached hydrogen (secondary N) is 1. The third-order valence-corrected chi connectivity index (χ3v) is 3.20. The van der Waals surface area contributed by atoms with Crippen LogP contribution in [0.5, 0.6) is 0 Å². The van der Waals surface area contributed by atoms with E-state index in [-0.39, 0.29) is 5.91 Å². The van der Waals surface area contributed by atoms with E-state index in [1.54, 1.807) is 11.0 Å². The predicted octanol–water partition coefficient (Wildman–Crippen LogP) is 2.31. The fourth-order valence-corrected chi connectivity index (χ4v) is 2.07. The summed E-state index contributed by atoms with van der Waals surface area (Å²) in [6, 6.07) is 5.47. The molecule has 17 heavy (non-hydrogen) atoms. The van der Waals surface area contributed by atoms with Gasteiger partial charge in [0.1, 0.15) is 0 Å². The Morgan fingerprint density at radius 1 is 1.41 bits per heavy atom. The lowest BCUT2D eigenvalue weighted by Crippen LogP contribution is -2.35. The number of likely N-dealkylation sites (N-methyl/N-ethyl adjacent to an activating group) is 1. The zero-order chi connectivity index (χ0) is 12.8. The molecule has 0 saturated carbocycles. The Kier molecular flexibility index (Phi) is 5.28. The molecule has 94 valence electrons. The van der Waals surface area contributed by atoms with Crippen molar-refractivity contribution in [2.45, 2.75) is 13.8 Å². The molecule has 0 heterocycles. The molecule has 0 bridgehead atoms. The van der Waals surface area contributed by atoms with E-state index in [4.69, 9.17) is 5.73 Å². The maximum atomic E-state index is 11.8. The van der Waals surface area contributed by atoms with Crippen LogP contribution in [0, 0.1) is 0 Å². The summed E-state index contributed by atoms with van der Waals surface area (Å²) in [4.78, 5) is 13.6. The smallest absolute Gasteiger partial charge is 0.241 e. The Balaban J connectivity index is 2.58. The first-order valence-corrected chi connectivity index (χ1v) is 6.44. The van der Waals surface area contributed by atoms with Crippen molar-refractivity contribution in [1.82, 2.24) is 4.90 Å². The Morgan fingerprint density at radius 3 is 2.59 bits per heavy atom. The van der Waals surface area contributed by atoms with E-state index in [1.807, 2.05) is 26.0 Å². The summed E-state index contributed by atoms with van der Waals surface area (Å²) in [5.74, 6) is 0.0960. The van der Waals surface area contributed by atoms with Crippen molar-refractivity contribution < 1.29 is 4.79 Å². The minimum atomic E-state index is 0.0960. The third-order valence-electron chi connectivity index (χ3n) is 2.54. The molecule has 0 spiro atoms. The lowest BCUT2D eigenvalue weighted by Gasteiger charge is -2.19. The second-order valence-corrected chi connectivity index (χ2v) is 4.51. The maximum absolute atomic E-state index is 11.8. The van der Waals surface area contributed by atoms with Gasteiger partial charge in [0.15, 0.2) is 0 Å². The van der Waals surface area contributed by atoms with Crippen LogP contribution < -0.4 is 11.1 Å². The highest BCUT2D eigenvalue weighted by atomic mass is 79.9. The number of hydrogen-bond donors (Lipinski definition) is 2. The average molecular weight is 300 g/mol. The summed E-state index contributed by atoms with van der Waals surface area (Å²) >= 11 is 3.40. The lowest BCUT2D eigenvalue weighted by atomic mass is 10.3. The summed E-state index contributed by atoms with van der Waals surface area (Å²) in [6.45, 7) is 5.71. The molecule has 0 saturated heterocycles. The molecule has 0 unspecified atom stereocenters. The normalized spacial score (nSPS) is 10.1. The molecule has 1 rings (SSSR count). The number of amides is 1. The predicted molar refractivity (Wildman–Crippen MR) is 75.0 cm³/mol. The second kappa shape index (κ2) is 6.49. The highest BCUT2D eigenvalue weighted by molar-refractivity contribution is 9.10. The standard InChI is InChI=1S/C12H18BrN3O/c1-3-16(4-2)12(17)8-15-11-6-5-9(14)7-10(11)13/h5-7,15H,3-4,8,14H2,1-2H3.